The number of hydrogen-bond acceptors (Lipinski definition) is 4. The van der Waals surface area contributed by atoms with E-state index in [4.69, 9.17) is 10.8 Å². The molecule has 0 unspecified atom stereocenters. The molecule has 0 aliphatic heterocycles. The Morgan fingerprint density at radius 3 is 2.47 bits per heavy atom. The maximum atomic E-state index is 11.4. The molecule has 6 heteroatoms. The second kappa shape index (κ2) is 6.93. The van der Waals surface area contributed by atoms with Crippen LogP contribution in [0, 0.1) is 0 Å². The number of anilines is 1. The number of benzene rings is 1. The molecule has 1 aromatic carbocycles. The van der Waals surface area contributed by atoms with E-state index >= 15 is 0 Å². The predicted molar refractivity (Wildman–Crippen MR) is 68.0 cm³/mol. The van der Waals surface area contributed by atoms with Crippen molar-refractivity contribution in [3.8, 4) is 0 Å². The molecule has 0 bridgehead atoms. The van der Waals surface area contributed by atoms with Gasteiger partial charge in [0.2, 0.25) is 11.8 Å². The van der Waals surface area contributed by atoms with Crippen molar-refractivity contribution in [2.75, 3.05) is 23.4 Å². The number of carbonyl (C=O) groups is 2. The Balaban J connectivity index is 2.46. The third-order valence-electron chi connectivity index (χ3n) is 1.92. The number of nitrogens with two attached hydrogens (primary N) is 1. The molecule has 0 fully saturated rings. The molecule has 0 spiro atoms. The lowest BCUT2D eigenvalue weighted by Crippen LogP contribution is -2.15. The molecule has 0 aliphatic rings. The molecule has 0 saturated carbocycles. The molecule has 92 valence electrons. The summed E-state index contributed by atoms with van der Waals surface area (Å²) in [6.45, 7) is 0.0608. The van der Waals surface area contributed by atoms with Gasteiger partial charge < -0.3 is 16.2 Å². The number of rotatable bonds is 6. The van der Waals surface area contributed by atoms with Crippen LogP contribution in [0.1, 0.15) is 10.4 Å². The Labute approximate surface area is 103 Å². The number of primary amides is 1. The molecular weight excluding hydrogens is 240 g/mol. The number of nitrogens with one attached hydrogen (secondary N) is 1. The van der Waals surface area contributed by atoms with Gasteiger partial charge in [0, 0.05) is 17.0 Å². The molecule has 1 rings (SSSR count). The van der Waals surface area contributed by atoms with E-state index in [1.807, 2.05) is 0 Å². The van der Waals surface area contributed by atoms with Crippen molar-refractivity contribution in [3.63, 3.8) is 0 Å². The van der Waals surface area contributed by atoms with Gasteiger partial charge in [0.1, 0.15) is 0 Å². The van der Waals surface area contributed by atoms with Crippen molar-refractivity contribution in [2.24, 2.45) is 5.73 Å². The van der Waals surface area contributed by atoms with Crippen LogP contribution < -0.4 is 11.1 Å². The fraction of sp³-hybridized carbons (Fsp3) is 0.273. The van der Waals surface area contributed by atoms with Crippen molar-refractivity contribution in [1.82, 2.24) is 0 Å². The molecule has 0 aromatic heterocycles. The van der Waals surface area contributed by atoms with Gasteiger partial charge in [-0.05, 0) is 24.3 Å². The summed E-state index contributed by atoms with van der Waals surface area (Å²) in [5.41, 5.74) is 6.11. The van der Waals surface area contributed by atoms with Crippen LogP contribution >= 0.6 is 11.8 Å². The van der Waals surface area contributed by atoms with Crippen LogP contribution in [-0.2, 0) is 4.79 Å². The second-order valence-corrected chi connectivity index (χ2v) is 4.37. The van der Waals surface area contributed by atoms with Gasteiger partial charge in [-0.25, -0.2) is 0 Å². The highest BCUT2D eigenvalue weighted by atomic mass is 32.2. The van der Waals surface area contributed by atoms with E-state index < -0.39 is 5.91 Å². The van der Waals surface area contributed by atoms with Gasteiger partial charge in [-0.3, -0.25) is 9.59 Å². The number of aliphatic hydroxyl groups is 1. The van der Waals surface area contributed by atoms with Crippen LogP contribution in [0.2, 0.25) is 0 Å². The molecule has 1 aromatic rings. The van der Waals surface area contributed by atoms with Gasteiger partial charge in [0.25, 0.3) is 0 Å². The average Bonchev–Trinajstić information content (AvgIpc) is 2.30. The Kier molecular flexibility index (Phi) is 5.51. The van der Waals surface area contributed by atoms with Crippen molar-refractivity contribution in [2.45, 2.75) is 0 Å². The third-order valence-corrected chi connectivity index (χ3v) is 2.86. The minimum Gasteiger partial charge on any atom is -0.396 e. The second-order valence-electron chi connectivity index (χ2n) is 3.27. The maximum absolute atomic E-state index is 11.4. The van der Waals surface area contributed by atoms with Crippen molar-refractivity contribution >= 4 is 29.3 Å². The van der Waals surface area contributed by atoms with Crippen LogP contribution in [0.3, 0.4) is 0 Å². The monoisotopic (exact) mass is 254 g/mol. The largest absolute Gasteiger partial charge is 0.396 e. The number of hydrogen-bond donors (Lipinski definition) is 3. The van der Waals surface area contributed by atoms with Crippen molar-refractivity contribution < 1.29 is 14.7 Å². The summed E-state index contributed by atoms with van der Waals surface area (Å²) in [7, 11) is 0. The molecule has 0 atom stereocenters. The summed E-state index contributed by atoms with van der Waals surface area (Å²) in [6.07, 6.45) is 0. The molecule has 17 heavy (non-hydrogen) atoms. The SMILES string of the molecule is NC(=O)c1ccc(NC(=O)CSCCO)cc1. The van der Waals surface area contributed by atoms with Crippen molar-refractivity contribution in [1.29, 1.82) is 0 Å². The minimum absolute atomic E-state index is 0.0608. The Bertz CT molecular complexity index is 392. The van der Waals surface area contributed by atoms with Gasteiger partial charge in [0.15, 0.2) is 0 Å². The fourth-order valence-corrected chi connectivity index (χ4v) is 1.68. The minimum atomic E-state index is -0.499. The summed E-state index contributed by atoms with van der Waals surface area (Å²) in [5, 5.41) is 11.2. The zero-order valence-electron chi connectivity index (χ0n) is 9.18. The first-order chi connectivity index (χ1) is 8.13. The molecule has 5 nitrogen and oxygen atoms in total. The van der Waals surface area contributed by atoms with E-state index in [9.17, 15) is 9.59 Å². The van der Waals surface area contributed by atoms with Gasteiger partial charge >= 0.3 is 0 Å². The highest BCUT2D eigenvalue weighted by molar-refractivity contribution is 7.99. The predicted octanol–water partition coefficient (Wildman–Crippen LogP) is 0.449. The number of aliphatic hydroxyl groups excluding tert-OH is 1. The normalized spacial score (nSPS) is 9.94. The first kappa shape index (κ1) is 13.5. The summed E-state index contributed by atoms with van der Waals surface area (Å²) in [5.74, 6) is 0.184. The molecule has 0 heterocycles. The van der Waals surface area contributed by atoms with E-state index in [0.29, 0.717) is 17.0 Å². The summed E-state index contributed by atoms with van der Waals surface area (Å²) in [4.78, 5) is 22.2. The van der Waals surface area contributed by atoms with E-state index in [1.54, 1.807) is 24.3 Å². The standard InChI is InChI=1S/C11H14N2O3S/c12-11(16)8-1-3-9(4-2-8)13-10(15)7-17-6-5-14/h1-4,14H,5-7H2,(H2,12,16)(H,13,15). The highest BCUT2D eigenvalue weighted by Gasteiger charge is 2.03. The van der Waals surface area contributed by atoms with Crippen LogP contribution in [0.25, 0.3) is 0 Å². The van der Waals surface area contributed by atoms with E-state index in [0.717, 1.165) is 0 Å². The topological polar surface area (TPSA) is 92.4 Å². The lowest BCUT2D eigenvalue weighted by atomic mass is 10.2. The molecule has 0 saturated heterocycles. The average molecular weight is 254 g/mol. The summed E-state index contributed by atoms with van der Waals surface area (Å²) < 4.78 is 0. The van der Waals surface area contributed by atoms with Gasteiger partial charge in [0.05, 0.1) is 12.4 Å². The summed E-state index contributed by atoms with van der Waals surface area (Å²) in [6, 6.07) is 6.35. The Hall–Kier alpha value is -1.53. The Morgan fingerprint density at radius 2 is 1.94 bits per heavy atom. The van der Waals surface area contributed by atoms with Crippen LogP contribution in [0.15, 0.2) is 24.3 Å². The zero-order chi connectivity index (χ0) is 12.7. The molecule has 4 N–H and O–H groups in total. The van der Waals surface area contributed by atoms with Crippen LogP contribution in [0.4, 0.5) is 5.69 Å². The summed E-state index contributed by atoms with van der Waals surface area (Å²) >= 11 is 1.35. The number of thioether (sulfide) groups is 1. The van der Waals surface area contributed by atoms with E-state index in [-0.39, 0.29) is 18.3 Å². The molecular formula is C11H14N2O3S. The molecule has 2 amide bonds. The van der Waals surface area contributed by atoms with Crippen LogP contribution in [-0.4, -0.2) is 35.0 Å². The van der Waals surface area contributed by atoms with Gasteiger partial charge in [-0.15, -0.1) is 11.8 Å². The van der Waals surface area contributed by atoms with Gasteiger partial charge in [-0.1, -0.05) is 0 Å². The maximum Gasteiger partial charge on any atom is 0.248 e. The smallest absolute Gasteiger partial charge is 0.248 e. The third kappa shape index (κ3) is 4.88. The first-order valence-electron chi connectivity index (χ1n) is 5.02. The lowest BCUT2D eigenvalue weighted by Gasteiger charge is -2.05. The zero-order valence-corrected chi connectivity index (χ0v) is 10.00. The van der Waals surface area contributed by atoms with E-state index in [2.05, 4.69) is 5.32 Å². The molecule has 0 radical (unpaired) electrons. The lowest BCUT2D eigenvalue weighted by molar-refractivity contribution is -0.113. The first-order valence-corrected chi connectivity index (χ1v) is 6.17. The van der Waals surface area contributed by atoms with Gasteiger partial charge in [-0.2, -0.15) is 0 Å². The number of carbonyl (C=O) groups excluding carboxylic acids is 2. The number of amides is 2. The Morgan fingerprint density at radius 1 is 1.29 bits per heavy atom. The fourth-order valence-electron chi connectivity index (χ4n) is 1.14. The van der Waals surface area contributed by atoms with Crippen LogP contribution in [0.5, 0.6) is 0 Å². The molecule has 0 aliphatic carbocycles. The quantitative estimate of drug-likeness (QED) is 0.643. The highest BCUT2D eigenvalue weighted by Crippen LogP contribution is 2.10. The van der Waals surface area contributed by atoms with Crippen molar-refractivity contribution in [3.05, 3.63) is 29.8 Å². The van der Waals surface area contributed by atoms with E-state index in [1.165, 1.54) is 11.8 Å².